The molecule has 0 aromatic heterocycles. The van der Waals surface area contributed by atoms with Gasteiger partial charge in [-0.3, -0.25) is 0 Å². The second-order valence-corrected chi connectivity index (χ2v) is 3.88. The molecule has 0 amide bonds. The fourth-order valence-electron chi connectivity index (χ4n) is 0.987. The number of allylic oxidation sites excluding steroid dienone is 10. The largest absolute Gasteiger partial charge is 0.457 e. The molecule has 0 aliphatic rings. The molecule has 19 heavy (non-hydrogen) atoms. The molecule has 0 saturated carbocycles. The van der Waals surface area contributed by atoms with Crippen LogP contribution in [0.3, 0.4) is 0 Å². The molecule has 1 nitrogen and oxygen atoms in total. The first kappa shape index (κ1) is 16.7. The summed E-state index contributed by atoms with van der Waals surface area (Å²) in [5, 5.41) is 0. The van der Waals surface area contributed by atoms with Crippen LogP contribution < -0.4 is 0 Å². The predicted molar refractivity (Wildman–Crippen MR) is 85.6 cm³/mol. The number of ether oxygens (including phenoxy) is 1. The lowest BCUT2D eigenvalue weighted by atomic mass is 10.2. The normalized spacial score (nSPS) is 13.8. The molecule has 100 valence electrons. The first-order chi connectivity index (χ1) is 9.07. The van der Waals surface area contributed by atoms with Gasteiger partial charge in [-0.05, 0) is 38.2 Å². The third-order valence-electron chi connectivity index (χ3n) is 2.30. The van der Waals surface area contributed by atoms with Crippen molar-refractivity contribution in [3.05, 3.63) is 97.6 Å². The van der Waals surface area contributed by atoms with E-state index < -0.39 is 0 Å². The second kappa shape index (κ2) is 9.72. The quantitative estimate of drug-likeness (QED) is 0.416. The van der Waals surface area contributed by atoms with Gasteiger partial charge in [0.2, 0.25) is 0 Å². The summed E-state index contributed by atoms with van der Waals surface area (Å²) >= 11 is 0. The van der Waals surface area contributed by atoms with Crippen molar-refractivity contribution in [3.8, 4) is 0 Å². The SMILES string of the molecule is C=C/C(C)=C\C=C(/C=C)O/C(C=C)=C/C=C(/C)C=C. The Bertz CT molecular complexity index is 424. The zero-order chi connectivity index (χ0) is 14.7. The molecule has 0 unspecified atom stereocenters. The van der Waals surface area contributed by atoms with Gasteiger partial charge in [-0.25, -0.2) is 0 Å². The van der Waals surface area contributed by atoms with Gasteiger partial charge in [-0.15, -0.1) is 0 Å². The molecule has 0 aromatic rings. The Kier molecular flexibility index (Phi) is 8.55. The Morgan fingerprint density at radius 2 is 1.00 bits per heavy atom. The van der Waals surface area contributed by atoms with E-state index in [2.05, 4.69) is 26.3 Å². The first-order valence-electron chi connectivity index (χ1n) is 6.02. The lowest BCUT2D eigenvalue weighted by Gasteiger charge is -2.06. The van der Waals surface area contributed by atoms with Crippen LogP contribution in [0, 0.1) is 0 Å². The molecule has 0 aliphatic carbocycles. The summed E-state index contributed by atoms with van der Waals surface area (Å²) in [6.45, 7) is 18.8. The molecule has 0 rings (SSSR count). The van der Waals surface area contributed by atoms with E-state index in [9.17, 15) is 0 Å². The van der Waals surface area contributed by atoms with Crippen LogP contribution in [0.25, 0.3) is 0 Å². The summed E-state index contributed by atoms with van der Waals surface area (Å²) in [5.74, 6) is 1.30. The number of hydrogen-bond acceptors (Lipinski definition) is 1. The minimum Gasteiger partial charge on any atom is -0.457 e. The van der Waals surface area contributed by atoms with E-state index in [0.717, 1.165) is 11.1 Å². The van der Waals surface area contributed by atoms with Crippen molar-refractivity contribution in [3.63, 3.8) is 0 Å². The zero-order valence-corrected chi connectivity index (χ0v) is 11.9. The number of hydrogen-bond donors (Lipinski definition) is 0. The Labute approximate surface area is 117 Å². The third-order valence-corrected chi connectivity index (χ3v) is 2.30. The summed E-state index contributed by atoms with van der Waals surface area (Å²) < 4.78 is 5.67. The summed E-state index contributed by atoms with van der Waals surface area (Å²) in [5.41, 5.74) is 2.10. The van der Waals surface area contributed by atoms with Crippen LogP contribution in [0.2, 0.25) is 0 Å². The van der Waals surface area contributed by atoms with Gasteiger partial charge < -0.3 is 4.74 Å². The average Bonchev–Trinajstić information content (AvgIpc) is 2.45. The van der Waals surface area contributed by atoms with Gasteiger partial charge in [-0.2, -0.15) is 0 Å². The Morgan fingerprint density at radius 1 is 0.632 bits per heavy atom. The van der Waals surface area contributed by atoms with Crippen LogP contribution in [0.4, 0.5) is 0 Å². The maximum atomic E-state index is 5.67. The van der Waals surface area contributed by atoms with Crippen molar-refractivity contribution >= 4 is 0 Å². The van der Waals surface area contributed by atoms with Crippen LogP contribution in [0.1, 0.15) is 13.8 Å². The van der Waals surface area contributed by atoms with E-state index in [-0.39, 0.29) is 0 Å². The maximum absolute atomic E-state index is 5.67. The summed E-state index contributed by atoms with van der Waals surface area (Å²) in [4.78, 5) is 0. The van der Waals surface area contributed by atoms with Crippen LogP contribution >= 0.6 is 0 Å². The fourth-order valence-corrected chi connectivity index (χ4v) is 0.987. The number of rotatable bonds is 8. The van der Waals surface area contributed by atoms with Crippen LogP contribution in [-0.2, 0) is 4.74 Å². The Hall–Kier alpha value is -2.28. The van der Waals surface area contributed by atoms with Crippen molar-refractivity contribution in [1.82, 2.24) is 0 Å². The molecule has 0 spiro atoms. The molecule has 0 aromatic carbocycles. The molecule has 0 saturated heterocycles. The molecule has 1 heteroatoms. The van der Waals surface area contributed by atoms with Gasteiger partial charge in [0.15, 0.2) is 0 Å². The monoisotopic (exact) mass is 254 g/mol. The minimum atomic E-state index is 0.650. The third kappa shape index (κ3) is 7.61. The first-order valence-corrected chi connectivity index (χ1v) is 6.02. The summed E-state index contributed by atoms with van der Waals surface area (Å²) in [6.07, 6.45) is 14.3. The highest BCUT2D eigenvalue weighted by Crippen LogP contribution is 2.10. The van der Waals surface area contributed by atoms with E-state index >= 15 is 0 Å². The molecule has 0 aliphatic heterocycles. The molecule has 0 bridgehead atoms. The van der Waals surface area contributed by atoms with E-state index in [1.807, 2.05) is 38.2 Å². The molecular formula is C18H22O. The van der Waals surface area contributed by atoms with Crippen molar-refractivity contribution < 1.29 is 4.74 Å². The molecular weight excluding hydrogens is 232 g/mol. The second-order valence-electron chi connectivity index (χ2n) is 3.88. The Balaban J connectivity index is 5.03. The van der Waals surface area contributed by atoms with Crippen molar-refractivity contribution in [1.29, 1.82) is 0 Å². The predicted octanol–water partition coefficient (Wildman–Crippen LogP) is 5.41. The highest BCUT2D eigenvalue weighted by Gasteiger charge is 1.95. The highest BCUT2D eigenvalue weighted by molar-refractivity contribution is 5.29. The lowest BCUT2D eigenvalue weighted by molar-refractivity contribution is 0.337. The van der Waals surface area contributed by atoms with Gasteiger partial charge in [0.25, 0.3) is 0 Å². The minimum absolute atomic E-state index is 0.650. The topological polar surface area (TPSA) is 9.23 Å². The van der Waals surface area contributed by atoms with E-state index in [4.69, 9.17) is 4.74 Å². The Morgan fingerprint density at radius 3 is 1.26 bits per heavy atom. The van der Waals surface area contributed by atoms with Crippen LogP contribution in [-0.4, -0.2) is 0 Å². The van der Waals surface area contributed by atoms with Gasteiger partial charge in [0.05, 0.1) is 0 Å². The lowest BCUT2D eigenvalue weighted by Crippen LogP contribution is -1.87. The van der Waals surface area contributed by atoms with Crippen molar-refractivity contribution in [2.45, 2.75) is 13.8 Å². The van der Waals surface area contributed by atoms with Crippen molar-refractivity contribution in [2.75, 3.05) is 0 Å². The smallest absolute Gasteiger partial charge is 0.126 e. The molecule has 0 heterocycles. The molecule has 0 radical (unpaired) electrons. The standard InChI is InChI=1S/C18H22O/c1-7-15(5)11-13-17(9-3)19-18(10-4)14-12-16(6)8-2/h7-14H,1-4H2,5-6H3/b15-11-,16-12-,17-13+,18-14+. The zero-order valence-electron chi connectivity index (χ0n) is 11.9. The molecule has 0 N–H and O–H groups in total. The average molecular weight is 254 g/mol. The van der Waals surface area contributed by atoms with E-state index in [1.165, 1.54) is 0 Å². The summed E-state index contributed by atoms with van der Waals surface area (Å²) in [7, 11) is 0. The highest BCUT2D eigenvalue weighted by atomic mass is 16.5. The van der Waals surface area contributed by atoms with Crippen LogP contribution in [0.15, 0.2) is 97.6 Å². The van der Waals surface area contributed by atoms with Gasteiger partial charge >= 0.3 is 0 Å². The van der Waals surface area contributed by atoms with Gasteiger partial charge in [0, 0.05) is 0 Å². The van der Waals surface area contributed by atoms with Gasteiger partial charge in [-0.1, -0.05) is 61.8 Å². The fraction of sp³-hybridized carbons (Fsp3) is 0.111. The van der Waals surface area contributed by atoms with Crippen LogP contribution in [0.5, 0.6) is 0 Å². The van der Waals surface area contributed by atoms with Gasteiger partial charge in [0.1, 0.15) is 11.5 Å². The van der Waals surface area contributed by atoms with E-state index in [1.54, 1.807) is 24.3 Å². The van der Waals surface area contributed by atoms with E-state index in [0.29, 0.717) is 11.5 Å². The van der Waals surface area contributed by atoms with Crippen molar-refractivity contribution in [2.24, 2.45) is 0 Å². The summed E-state index contributed by atoms with van der Waals surface area (Å²) in [6, 6.07) is 0. The maximum Gasteiger partial charge on any atom is 0.126 e. The molecule has 0 fully saturated rings. The molecule has 0 atom stereocenters.